The van der Waals surface area contributed by atoms with E-state index in [1.54, 1.807) is 16.7 Å². The lowest BCUT2D eigenvalue weighted by Crippen LogP contribution is -2.53. The molecule has 0 aliphatic carbocycles. The Labute approximate surface area is 154 Å². The average Bonchev–Trinajstić information content (AvgIpc) is 3.02. The lowest BCUT2D eigenvalue weighted by Gasteiger charge is -2.34. The third-order valence-electron chi connectivity index (χ3n) is 4.95. The predicted molar refractivity (Wildman–Crippen MR) is 99.9 cm³/mol. The average molecular weight is 365 g/mol. The van der Waals surface area contributed by atoms with E-state index in [1.807, 2.05) is 30.5 Å². The second-order valence-electron chi connectivity index (χ2n) is 7.10. The van der Waals surface area contributed by atoms with E-state index >= 15 is 0 Å². The lowest BCUT2D eigenvalue weighted by molar-refractivity contribution is -0.133. The van der Waals surface area contributed by atoms with E-state index in [2.05, 4.69) is 4.90 Å². The van der Waals surface area contributed by atoms with Gasteiger partial charge in [-0.2, -0.15) is 0 Å². The molecule has 0 bridgehead atoms. The Morgan fingerprint density at radius 3 is 2.64 bits per heavy atom. The highest BCUT2D eigenvalue weighted by molar-refractivity contribution is 7.98. The summed E-state index contributed by atoms with van der Waals surface area (Å²) in [5.74, 6) is 0.0576. The molecule has 0 saturated carbocycles. The van der Waals surface area contributed by atoms with Crippen molar-refractivity contribution < 1.29 is 14.6 Å². The zero-order chi connectivity index (χ0) is 17.7. The van der Waals surface area contributed by atoms with Crippen molar-refractivity contribution in [1.82, 2.24) is 9.80 Å². The minimum Gasteiger partial charge on any atom is -0.384 e. The number of ether oxygens (including phenoxy) is 1. The molecule has 5 nitrogen and oxygen atoms in total. The maximum Gasteiger partial charge on any atom is 0.227 e. The first-order valence-corrected chi connectivity index (χ1v) is 10.2. The fourth-order valence-electron chi connectivity index (χ4n) is 3.61. The number of thioether (sulfide) groups is 1. The number of nitrogens with zero attached hydrogens (tertiary/aromatic N) is 2. The van der Waals surface area contributed by atoms with E-state index < -0.39 is 5.60 Å². The van der Waals surface area contributed by atoms with E-state index in [4.69, 9.17) is 4.74 Å². The van der Waals surface area contributed by atoms with Crippen molar-refractivity contribution in [2.24, 2.45) is 0 Å². The van der Waals surface area contributed by atoms with Crippen molar-refractivity contribution >= 4 is 17.7 Å². The number of likely N-dealkylation sites (tertiary alicyclic amines) is 1. The highest BCUT2D eigenvalue weighted by Crippen LogP contribution is 2.19. The number of amides is 1. The largest absolute Gasteiger partial charge is 0.384 e. The maximum absolute atomic E-state index is 12.7. The van der Waals surface area contributed by atoms with Crippen LogP contribution in [0.2, 0.25) is 0 Å². The summed E-state index contributed by atoms with van der Waals surface area (Å²) in [6.45, 7) is 4.32. The molecule has 1 atom stereocenters. The summed E-state index contributed by atoms with van der Waals surface area (Å²) in [5, 5.41) is 11.0. The monoisotopic (exact) mass is 364 g/mol. The molecule has 1 aromatic rings. The number of hydrogen-bond acceptors (Lipinski definition) is 5. The van der Waals surface area contributed by atoms with Gasteiger partial charge in [-0.1, -0.05) is 12.1 Å². The van der Waals surface area contributed by atoms with Crippen molar-refractivity contribution in [3.05, 3.63) is 29.8 Å². The number of benzene rings is 1. The zero-order valence-corrected chi connectivity index (χ0v) is 15.8. The summed E-state index contributed by atoms with van der Waals surface area (Å²) in [5.41, 5.74) is 0.0372. The molecule has 2 fully saturated rings. The third-order valence-corrected chi connectivity index (χ3v) is 5.69. The van der Waals surface area contributed by atoms with Gasteiger partial charge in [0.2, 0.25) is 5.91 Å². The molecular weight excluding hydrogens is 336 g/mol. The molecular formula is C19H28N2O3S. The summed E-state index contributed by atoms with van der Waals surface area (Å²) in [6.07, 6.45) is 4.78. The Hall–Kier alpha value is -1.08. The first-order valence-electron chi connectivity index (χ1n) is 9.01. The molecule has 1 N–H and O–H groups in total. The molecule has 0 aromatic heterocycles. The minimum atomic E-state index is -0.973. The van der Waals surface area contributed by atoms with E-state index in [0.29, 0.717) is 39.3 Å². The van der Waals surface area contributed by atoms with Gasteiger partial charge in [0.15, 0.2) is 0 Å². The van der Waals surface area contributed by atoms with Gasteiger partial charge in [-0.25, -0.2) is 0 Å². The summed E-state index contributed by atoms with van der Waals surface area (Å²) < 4.78 is 5.61. The molecule has 1 aromatic carbocycles. The Kier molecular flexibility index (Phi) is 6.39. The summed E-state index contributed by atoms with van der Waals surface area (Å²) >= 11 is 1.69. The zero-order valence-electron chi connectivity index (χ0n) is 14.9. The molecule has 25 heavy (non-hydrogen) atoms. The summed E-state index contributed by atoms with van der Waals surface area (Å²) in [7, 11) is 0. The second kappa shape index (κ2) is 8.54. The predicted octanol–water partition coefficient (Wildman–Crippen LogP) is 1.64. The number of carbonyl (C=O) groups excluding carboxylic acids is 1. The molecule has 2 aliphatic heterocycles. The fourth-order valence-corrected chi connectivity index (χ4v) is 4.02. The molecule has 6 heteroatoms. The van der Waals surface area contributed by atoms with Crippen LogP contribution in [0.3, 0.4) is 0 Å². The molecule has 2 saturated heterocycles. The lowest BCUT2D eigenvalue weighted by atomic mass is 10.0. The van der Waals surface area contributed by atoms with Crippen molar-refractivity contribution in [2.75, 3.05) is 52.2 Å². The van der Waals surface area contributed by atoms with Crippen LogP contribution in [0.1, 0.15) is 18.4 Å². The summed E-state index contributed by atoms with van der Waals surface area (Å²) in [4.78, 5) is 18.0. The van der Waals surface area contributed by atoms with Gasteiger partial charge >= 0.3 is 0 Å². The Morgan fingerprint density at radius 1 is 1.24 bits per heavy atom. The summed E-state index contributed by atoms with van der Waals surface area (Å²) in [6, 6.07) is 8.11. The van der Waals surface area contributed by atoms with E-state index in [9.17, 15) is 9.90 Å². The second-order valence-corrected chi connectivity index (χ2v) is 7.98. The SMILES string of the molecule is CSc1ccc(CC(=O)N2CCOC[C@@](O)(CN3CCCC3)C2)cc1. The molecule has 0 unspecified atom stereocenters. The number of hydrogen-bond donors (Lipinski definition) is 1. The quantitative estimate of drug-likeness (QED) is 0.805. The molecule has 0 radical (unpaired) electrons. The standard InChI is InChI=1S/C19H28N2O3S/c1-25-17-6-4-16(5-7-17)12-18(22)21-10-11-24-15-19(23,14-21)13-20-8-2-3-9-20/h4-7,23H,2-3,8-15H2,1H3/t19-/m1/s1. The Balaban J connectivity index is 1.61. The van der Waals surface area contributed by atoms with Crippen LogP contribution in [0.4, 0.5) is 0 Å². The number of rotatable bonds is 5. The van der Waals surface area contributed by atoms with Gasteiger partial charge < -0.3 is 19.6 Å². The third kappa shape index (κ3) is 5.20. The molecule has 2 heterocycles. The van der Waals surface area contributed by atoms with Crippen molar-refractivity contribution in [2.45, 2.75) is 29.8 Å². The van der Waals surface area contributed by atoms with Crippen LogP contribution >= 0.6 is 11.8 Å². The number of aliphatic hydroxyl groups is 1. The molecule has 138 valence electrons. The van der Waals surface area contributed by atoms with Crippen molar-refractivity contribution in [1.29, 1.82) is 0 Å². The van der Waals surface area contributed by atoms with Gasteiger partial charge in [0.25, 0.3) is 0 Å². The number of β-amino-alcohol motifs (C(OH)–C–C–N with tert-alkyl or cyclic N) is 1. The van der Waals surface area contributed by atoms with Crippen molar-refractivity contribution in [3.63, 3.8) is 0 Å². The normalized spacial score (nSPS) is 25.1. The maximum atomic E-state index is 12.7. The van der Waals surface area contributed by atoms with Crippen LogP contribution in [-0.2, 0) is 16.0 Å². The minimum absolute atomic E-state index is 0.0576. The molecule has 1 amide bonds. The van der Waals surface area contributed by atoms with Crippen LogP contribution in [0.25, 0.3) is 0 Å². The first-order chi connectivity index (χ1) is 12.1. The van der Waals surface area contributed by atoms with Gasteiger partial charge in [-0.15, -0.1) is 11.8 Å². The van der Waals surface area contributed by atoms with E-state index in [0.717, 1.165) is 18.7 Å². The van der Waals surface area contributed by atoms with Crippen LogP contribution in [0, 0.1) is 0 Å². The Bertz CT molecular complexity index is 575. The van der Waals surface area contributed by atoms with Gasteiger partial charge in [0, 0.05) is 18.0 Å². The molecule has 2 aliphatic rings. The Morgan fingerprint density at radius 2 is 1.96 bits per heavy atom. The number of carbonyl (C=O) groups is 1. The topological polar surface area (TPSA) is 53.0 Å². The van der Waals surface area contributed by atoms with Gasteiger partial charge in [-0.05, 0) is 49.9 Å². The molecule has 3 rings (SSSR count). The van der Waals surface area contributed by atoms with Crippen LogP contribution in [0.15, 0.2) is 29.2 Å². The smallest absolute Gasteiger partial charge is 0.227 e. The van der Waals surface area contributed by atoms with Crippen molar-refractivity contribution in [3.8, 4) is 0 Å². The van der Waals surface area contributed by atoms with Crippen LogP contribution in [0.5, 0.6) is 0 Å². The van der Waals surface area contributed by atoms with Crippen LogP contribution < -0.4 is 0 Å². The first kappa shape index (κ1) is 18.7. The van der Waals surface area contributed by atoms with Gasteiger partial charge in [-0.3, -0.25) is 4.79 Å². The fraction of sp³-hybridized carbons (Fsp3) is 0.632. The molecule has 0 spiro atoms. The van der Waals surface area contributed by atoms with E-state index in [1.165, 1.54) is 17.7 Å². The van der Waals surface area contributed by atoms with Gasteiger partial charge in [0.05, 0.1) is 26.2 Å². The van der Waals surface area contributed by atoms with Crippen LogP contribution in [-0.4, -0.2) is 78.6 Å². The highest BCUT2D eigenvalue weighted by atomic mass is 32.2. The van der Waals surface area contributed by atoms with Gasteiger partial charge in [0.1, 0.15) is 5.60 Å². The highest BCUT2D eigenvalue weighted by Gasteiger charge is 2.36. The van der Waals surface area contributed by atoms with E-state index in [-0.39, 0.29) is 5.91 Å².